The quantitative estimate of drug-likeness (QED) is 0.783. The second-order valence-corrected chi connectivity index (χ2v) is 8.25. The highest BCUT2D eigenvalue weighted by atomic mass is 32.2. The summed E-state index contributed by atoms with van der Waals surface area (Å²) in [5.41, 5.74) is 0. The predicted octanol–water partition coefficient (Wildman–Crippen LogP) is -0.124. The Bertz CT molecular complexity index is 561. The van der Waals surface area contributed by atoms with Gasteiger partial charge in [-0.3, -0.25) is 9.59 Å². The Morgan fingerprint density at radius 2 is 1.95 bits per heavy atom. The SMILES string of the molecule is O=C(O)C1CCCC1S(=O)(=O)N1CCN2C(=O)CCC2C1. The van der Waals surface area contributed by atoms with Crippen molar-refractivity contribution in [3.8, 4) is 0 Å². The van der Waals surface area contributed by atoms with Gasteiger partial charge in [0, 0.05) is 32.1 Å². The third-order valence-corrected chi connectivity index (χ3v) is 7.35. The summed E-state index contributed by atoms with van der Waals surface area (Å²) < 4.78 is 26.9. The van der Waals surface area contributed by atoms with Gasteiger partial charge < -0.3 is 10.0 Å². The molecule has 1 amide bonds. The maximum Gasteiger partial charge on any atom is 0.307 e. The first kappa shape index (κ1) is 14.8. The largest absolute Gasteiger partial charge is 0.481 e. The lowest BCUT2D eigenvalue weighted by Crippen LogP contribution is -2.55. The molecule has 1 saturated carbocycles. The van der Waals surface area contributed by atoms with Gasteiger partial charge in [-0.05, 0) is 19.3 Å². The predicted molar refractivity (Wildman–Crippen MR) is 74.0 cm³/mol. The minimum atomic E-state index is -3.60. The van der Waals surface area contributed by atoms with Crippen LogP contribution in [0.3, 0.4) is 0 Å². The number of amides is 1. The van der Waals surface area contributed by atoms with E-state index >= 15 is 0 Å². The van der Waals surface area contributed by atoms with Gasteiger partial charge in [0.15, 0.2) is 0 Å². The van der Waals surface area contributed by atoms with Gasteiger partial charge in [-0.25, -0.2) is 8.42 Å². The molecule has 2 heterocycles. The standard InChI is InChI=1S/C13H20N2O5S/c16-12-5-4-9-8-14(6-7-15(9)12)21(19,20)11-3-1-2-10(11)13(17)18/h9-11H,1-8H2,(H,17,18). The molecule has 1 aliphatic carbocycles. The fraction of sp³-hybridized carbons (Fsp3) is 0.846. The van der Waals surface area contributed by atoms with Crippen molar-refractivity contribution in [1.82, 2.24) is 9.21 Å². The molecule has 2 saturated heterocycles. The second-order valence-electron chi connectivity index (χ2n) is 6.10. The number of piperazine rings is 1. The summed E-state index contributed by atoms with van der Waals surface area (Å²) in [6.07, 6.45) is 2.67. The molecule has 3 aliphatic rings. The molecule has 118 valence electrons. The second kappa shape index (κ2) is 5.24. The lowest BCUT2D eigenvalue weighted by atomic mass is 10.1. The van der Waals surface area contributed by atoms with Crippen LogP contribution in [0.5, 0.6) is 0 Å². The summed E-state index contributed by atoms with van der Waals surface area (Å²) in [6.45, 7) is 1.03. The number of carboxylic acids is 1. The number of fused-ring (bicyclic) bond motifs is 1. The van der Waals surface area contributed by atoms with Crippen molar-refractivity contribution in [3.63, 3.8) is 0 Å². The number of rotatable bonds is 3. The number of carbonyl (C=O) groups excluding carboxylic acids is 1. The number of nitrogens with zero attached hydrogens (tertiary/aromatic N) is 2. The van der Waals surface area contributed by atoms with Gasteiger partial charge in [0.25, 0.3) is 0 Å². The van der Waals surface area contributed by atoms with Gasteiger partial charge in [-0.2, -0.15) is 4.31 Å². The Labute approximate surface area is 123 Å². The summed E-state index contributed by atoms with van der Waals surface area (Å²) in [5, 5.41) is 8.39. The molecule has 0 radical (unpaired) electrons. The highest BCUT2D eigenvalue weighted by Gasteiger charge is 2.47. The minimum absolute atomic E-state index is 0.0364. The molecule has 2 aliphatic heterocycles. The fourth-order valence-corrected chi connectivity index (χ4v) is 6.05. The zero-order chi connectivity index (χ0) is 15.2. The number of hydrogen-bond acceptors (Lipinski definition) is 4. The maximum absolute atomic E-state index is 12.7. The van der Waals surface area contributed by atoms with Crippen LogP contribution in [0.25, 0.3) is 0 Å². The Morgan fingerprint density at radius 3 is 2.67 bits per heavy atom. The van der Waals surface area contributed by atoms with Crippen LogP contribution in [0.4, 0.5) is 0 Å². The minimum Gasteiger partial charge on any atom is -0.481 e. The normalized spacial score (nSPS) is 34.2. The number of aliphatic carboxylic acids is 1. The molecule has 0 aromatic carbocycles. The van der Waals surface area contributed by atoms with E-state index in [0.717, 1.165) is 0 Å². The van der Waals surface area contributed by atoms with E-state index in [9.17, 15) is 23.1 Å². The van der Waals surface area contributed by atoms with Crippen molar-refractivity contribution in [2.24, 2.45) is 5.92 Å². The number of sulfonamides is 1. The Morgan fingerprint density at radius 1 is 1.19 bits per heavy atom. The highest BCUT2D eigenvalue weighted by Crippen LogP contribution is 2.34. The Balaban J connectivity index is 1.77. The zero-order valence-corrected chi connectivity index (χ0v) is 12.6. The Kier molecular flexibility index (Phi) is 3.69. The topological polar surface area (TPSA) is 95.0 Å². The van der Waals surface area contributed by atoms with E-state index in [0.29, 0.717) is 45.2 Å². The summed E-state index contributed by atoms with van der Waals surface area (Å²) in [6, 6.07) is -0.0364. The van der Waals surface area contributed by atoms with Crippen molar-refractivity contribution >= 4 is 21.9 Å². The molecule has 1 N–H and O–H groups in total. The molecule has 21 heavy (non-hydrogen) atoms. The first-order valence-electron chi connectivity index (χ1n) is 7.42. The molecule has 0 spiro atoms. The first-order chi connectivity index (χ1) is 9.91. The van der Waals surface area contributed by atoms with Crippen LogP contribution in [0.1, 0.15) is 32.1 Å². The van der Waals surface area contributed by atoms with Crippen LogP contribution >= 0.6 is 0 Å². The zero-order valence-electron chi connectivity index (χ0n) is 11.8. The smallest absolute Gasteiger partial charge is 0.307 e. The molecule has 3 fully saturated rings. The van der Waals surface area contributed by atoms with E-state index in [1.807, 2.05) is 0 Å². The van der Waals surface area contributed by atoms with Gasteiger partial charge in [-0.15, -0.1) is 0 Å². The van der Waals surface area contributed by atoms with Gasteiger partial charge >= 0.3 is 5.97 Å². The molecule has 0 aromatic rings. The lowest BCUT2D eigenvalue weighted by molar-refractivity contribution is -0.141. The van der Waals surface area contributed by atoms with E-state index in [1.165, 1.54) is 4.31 Å². The highest BCUT2D eigenvalue weighted by molar-refractivity contribution is 7.89. The number of carboxylic acid groups (broad SMARTS) is 1. The van der Waals surface area contributed by atoms with Crippen LogP contribution in [0, 0.1) is 5.92 Å². The molecule has 3 atom stereocenters. The van der Waals surface area contributed by atoms with Crippen LogP contribution in [0.15, 0.2) is 0 Å². The average Bonchev–Trinajstić information content (AvgIpc) is 3.06. The monoisotopic (exact) mass is 316 g/mol. The van der Waals surface area contributed by atoms with Crippen molar-refractivity contribution in [2.45, 2.75) is 43.4 Å². The van der Waals surface area contributed by atoms with Gasteiger partial charge in [0.1, 0.15) is 0 Å². The number of carbonyl (C=O) groups is 2. The summed E-state index contributed by atoms with van der Waals surface area (Å²) in [7, 11) is -3.60. The van der Waals surface area contributed by atoms with E-state index in [2.05, 4.69) is 0 Å². The van der Waals surface area contributed by atoms with Gasteiger partial charge in [0.05, 0.1) is 11.2 Å². The molecular formula is C13H20N2O5S. The Hall–Kier alpha value is -1.15. The average molecular weight is 316 g/mol. The van der Waals surface area contributed by atoms with E-state index in [1.54, 1.807) is 4.90 Å². The summed E-state index contributed by atoms with van der Waals surface area (Å²) >= 11 is 0. The van der Waals surface area contributed by atoms with Crippen LogP contribution in [-0.4, -0.2) is 65.5 Å². The van der Waals surface area contributed by atoms with E-state index in [4.69, 9.17) is 0 Å². The van der Waals surface area contributed by atoms with E-state index < -0.39 is 27.2 Å². The molecule has 8 heteroatoms. The molecule has 7 nitrogen and oxygen atoms in total. The van der Waals surface area contributed by atoms with Crippen LogP contribution in [0.2, 0.25) is 0 Å². The molecular weight excluding hydrogens is 296 g/mol. The molecule has 3 rings (SSSR count). The van der Waals surface area contributed by atoms with Crippen molar-refractivity contribution < 1.29 is 23.1 Å². The van der Waals surface area contributed by atoms with Crippen molar-refractivity contribution in [3.05, 3.63) is 0 Å². The maximum atomic E-state index is 12.7. The lowest BCUT2D eigenvalue weighted by Gasteiger charge is -2.38. The molecule has 3 unspecified atom stereocenters. The molecule has 0 aromatic heterocycles. The summed E-state index contributed by atoms with van der Waals surface area (Å²) in [5.74, 6) is -1.71. The van der Waals surface area contributed by atoms with Crippen LogP contribution in [-0.2, 0) is 19.6 Å². The fourth-order valence-electron chi connectivity index (χ4n) is 3.82. The van der Waals surface area contributed by atoms with E-state index in [-0.39, 0.29) is 18.5 Å². The van der Waals surface area contributed by atoms with Gasteiger partial charge in [-0.1, -0.05) is 6.42 Å². The van der Waals surface area contributed by atoms with Gasteiger partial charge in [0.2, 0.25) is 15.9 Å². The third kappa shape index (κ3) is 2.44. The van der Waals surface area contributed by atoms with Crippen molar-refractivity contribution in [2.75, 3.05) is 19.6 Å². The van der Waals surface area contributed by atoms with Crippen LogP contribution < -0.4 is 0 Å². The van der Waals surface area contributed by atoms with Crippen molar-refractivity contribution in [1.29, 1.82) is 0 Å². The first-order valence-corrected chi connectivity index (χ1v) is 8.93. The summed E-state index contributed by atoms with van der Waals surface area (Å²) in [4.78, 5) is 24.6. The number of hydrogen-bond donors (Lipinski definition) is 1. The molecule has 0 bridgehead atoms. The third-order valence-electron chi connectivity index (χ3n) is 4.97.